The van der Waals surface area contributed by atoms with E-state index < -0.39 is 5.60 Å². The average Bonchev–Trinajstić information content (AvgIpc) is 2.68. The lowest BCUT2D eigenvalue weighted by Gasteiger charge is -2.22. The van der Waals surface area contributed by atoms with Crippen LogP contribution in [0.2, 0.25) is 5.02 Å². The van der Waals surface area contributed by atoms with E-state index >= 15 is 0 Å². The molecule has 2 atom stereocenters. The largest absolute Gasteiger partial charge is 0.388 e. The van der Waals surface area contributed by atoms with Crippen molar-refractivity contribution in [3.63, 3.8) is 0 Å². The highest BCUT2D eigenvalue weighted by molar-refractivity contribution is 6.31. The van der Waals surface area contributed by atoms with Gasteiger partial charge in [0.05, 0.1) is 5.60 Å². The van der Waals surface area contributed by atoms with Crippen molar-refractivity contribution in [3.8, 4) is 0 Å². The topological polar surface area (TPSA) is 35.5 Å². The van der Waals surface area contributed by atoms with Crippen LogP contribution in [0.1, 0.15) is 31.9 Å². The van der Waals surface area contributed by atoms with Crippen LogP contribution < -0.4 is 10.2 Å². The monoisotopic (exact) mass is 268 g/mol. The van der Waals surface area contributed by atoms with Gasteiger partial charge in [-0.25, -0.2) is 0 Å². The van der Waals surface area contributed by atoms with E-state index in [0.29, 0.717) is 6.54 Å². The molecule has 2 N–H and O–H groups in total. The van der Waals surface area contributed by atoms with Crippen molar-refractivity contribution in [3.05, 3.63) is 28.8 Å². The smallest absolute Gasteiger partial charge is 0.0810 e. The third-order valence-corrected chi connectivity index (χ3v) is 4.03. The number of anilines is 1. The zero-order chi connectivity index (χ0) is 13.3. The maximum absolute atomic E-state index is 9.99. The predicted molar refractivity (Wildman–Crippen MR) is 76.4 cm³/mol. The van der Waals surface area contributed by atoms with E-state index in [-0.39, 0.29) is 6.04 Å². The number of nitrogens with zero attached hydrogens (tertiary/aromatic N) is 1. The fraction of sp³-hybridized carbons (Fsp3) is 0.571. The number of hydrogen-bond donors (Lipinski definition) is 2. The van der Waals surface area contributed by atoms with Gasteiger partial charge in [0.2, 0.25) is 0 Å². The average molecular weight is 269 g/mol. The first kappa shape index (κ1) is 13.7. The van der Waals surface area contributed by atoms with Crippen LogP contribution in [0.15, 0.2) is 18.2 Å². The van der Waals surface area contributed by atoms with Crippen molar-refractivity contribution in [2.24, 2.45) is 0 Å². The van der Waals surface area contributed by atoms with E-state index in [4.69, 9.17) is 11.6 Å². The van der Waals surface area contributed by atoms with Gasteiger partial charge in [0.25, 0.3) is 0 Å². The molecule has 100 valence electrons. The molecule has 0 aliphatic carbocycles. The third-order valence-electron chi connectivity index (χ3n) is 3.70. The minimum absolute atomic E-state index is 0.244. The normalized spacial score (nSPS) is 25.5. The summed E-state index contributed by atoms with van der Waals surface area (Å²) in [5.41, 5.74) is 1.61. The number of aliphatic hydroxyl groups is 1. The zero-order valence-electron chi connectivity index (χ0n) is 11.2. The molecule has 0 bridgehead atoms. The number of benzene rings is 1. The minimum Gasteiger partial charge on any atom is -0.388 e. The molecule has 1 saturated heterocycles. The summed E-state index contributed by atoms with van der Waals surface area (Å²) in [6.07, 6.45) is 0.805. The minimum atomic E-state index is -0.580. The molecule has 4 heteroatoms. The highest BCUT2D eigenvalue weighted by Crippen LogP contribution is 2.31. The van der Waals surface area contributed by atoms with Crippen molar-refractivity contribution in [1.82, 2.24) is 5.32 Å². The Morgan fingerprint density at radius 3 is 2.72 bits per heavy atom. The lowest BCUT2D eigenvalue weighted by atomic mass is 10.1. The summed E-state index contributed by atoms with van der Waals surface area (Å²) in [5.74, 6) is 0. The summed E-state index contributed by atoms with van der Waals surface area (Å²) in [5, 5.41) is 14.0. The molecule has 1 aromatic carbocycles. The highest BCUT2D eigenvalue weighted by atomic mass is 35.5. The van der Waals surface area contributed by atoms with Crippen LogP contribution in [-0.2, 0) is 0 Å². The Labute approximate surface area is 114 Å². The van der Waals surface area contributed by atoms with E-state index in [1.165, 1.54) is 0 Å². The molecule has 1 aliphatic heterocycles. The Kier molecular flexibility index (Phi) is 3.85. The summed E-state index contributed by atoms with van der Waals surface area (Å²) >= 11 is 6.32. The molecule has 0 spiro atoms. The SMILES string of the molecule is CNC(C)c1ccc(N2CCC(C)(O)C2)cc1Cl. The summed E-state index contributed by atoms with van der Waals surface area (Å²) in [4.78, 5) is 2.18. The van der Waals surface area contributed by atoms with Crippen molar-refractivity contribution in [2.75, 3.05) is 25.0 Å². The first-order chi connectivity index (χ1) is 8.43. The standard InChI is InChI=1S/C14H21ClN2O/c1-10(16-3)12-5-4-11(8-13(12)15)17-7-6-14(2,18)9-17/h4-5,8,10,16,18H,6-7,9H2,1-3H3. The molecule has 3 nitrogen and oxygen atoms in total. The van der Waals surface area contributed by atoms with Gasteiger partial charge in [-0.1, -0.05) is 17.7 Å². The Bertz CT molecular complexity index is 434. The molecular formula is C14H21ClN2O. The van der Waals surface area contributed by atoms with Gasteiger partial charge in [-0.05, 0) is 45.0 Å². The van der Waals surface area contributed by atoms with Crippen molar-refractivity contribution in [1.29, 1.82) is 0 Å². The molecule has 1 fully saturated rings. The van der Waals surface area contributed by atoms with Crippen molar-refractivity contribution < 1.29 is 5.11 Å². The van der Waals surface area contributed by atoms with Gasteiger partial charge in [0, 0.05) is 29.8 Å². The lowest BCUT2D eigenvalue weighted by Crippen LogP contribution is -2.29. The molecule has 0 saturated carbocycles. The van der Waals surface area contributed by atoms with Gasteiger partial charge in [-0.15, -0.1) is 0 Å². The van der Waals surface area contributed by atoms with Crippen LogP contribution in [-0.4, -0.2) is 30.8 Å². The summed E-state index contributed by atoms with van der Waals surface area (Å²) in [6, 6.07) is 6.38. The molecule has 1 aliphatic rings. The quantitative estimate of drug-likeness (QED) is 0.885. The van der Waals surface area contributed by atoms with E-state index in [9.17, 15) is 5.11 Å². The summed E-state index contributed by atoms with van der Waals surface area (Å²) < 4.78 is 0. The molecule has 2 rings (SSSR count). The fourth-order valence-corrected chi connectivity index (χ4v) is 2.72. The predicted octanol–water partition coefficient (Wildman–Crippen LogP) is 2.58. The number of hydrogen-bond acceptors (Lipinski definition) is 3. The molecule has 1 heterocycles. The van der Waals surface area contributed by atoms with Crippen LogP contribution in [0, 0.1) is 0 Å². The van der Waals surface area contributed by atoms with Gasteiger partial charge in [0.15, 0.2) is 0 Å². The Hall–Kier alpha value is -0.770. The van der Waals surface area contributed by atoms with Crippen LogP contribution in [0.5, 0.6) is 0 Å². The summed E-state index contributed by atoms with van der Waals surface area (Å²) in [6.45, 7) is 5.52. The molecule has 0 aromatic heterocycles. The first-order valence-electron chi connectivity index (χ1n) is 6.37. The van der Waals surface area contributed by atoms with Gasteiger partial charge in [-0.3, -0.25) is 0 Å². The lowest BCUT2D eigenvalue weighted by molar-refractivity contribution is 0.0839. The van der Waals surface area contributed by atoms with Gasteiger partial charge in [0.1, 0.15) is 0 Å². The Morgan fingerprint density at radius 2 is 2.22 bits per heavy atom. The van der Waals surface area contributed by atoms with Crippen LogP contribution in [0.4, 0.5) is 5.69 Å². The summed E-state index contributed by atoms with van der Waals surface area (Å²) in [7, 11) is 1.92. The second kappa shape index (κ2) is 5.08. The maximum atomic E-state index is 9.99. The number of rotatable bonds is 3. The number of β-amino-alcohol motifs (C(OH)–C–C–N with tert-alkyl or cyclic N) is 1. The zero-order valence-corrected chi connectivity index (χ0v) is 12.0. The Morgan fingerprint density at radius 1 is 1.50 bits per heavy atom. The second-order valence-electron chi connectivity index (χ2n) is 5.38. The van der Waals surface area contributed by atoms with Gasteiger partial charge in [-0.2, -0.15) is 0 Å². The van der Waals surface area contributed by atoms with E-state index in [1.54, 1.807) is 0 Å². The number of halogens is 1. The van der Waals surface area contributed by atoms with E-state index in [1.807, 2.05) is 20.0 Å². The molecule has 0 radical (unpaired) electrons. The molecule has 1 aromatic rings. The van der Waals surface area contributed by atoms with Crippen LogP contribution in [0.25, 0.3) is 0 Å². The molecule has 0 amide bonds. The fourth-order valence-electron chi connectivity index (χ4n) is 2.38. The maximum Gasteiger partial charge on any atom is 0.0810 e. The molecule has 2 unspecified atom stereocenters. The van der Waals surface area contributed by atoms with Crippen molar-refractivity contribution >= 4 is 17.3 Å². The van der Waals surface area contributed by atoms with E-state index in [2.05, 4.69) is 29.3 Å². The third kappa shape index (κ3) is 2.79. The van der Waals surface area contributed by atoms with Crippen LogP contribution in [0.3, 0.4) is 0 Å². The van der Waals surface area contributed by atoms with Crippen LogP contribution >= 0.6 is 11.6 Å². The van der Waals surface area contributed by atoms with E-state index in [0.717, 1.165) is 29.2 Å². The first-order valence-corrected chi connectivity index (χ1v) is 6.75. The second-order valence-corrected chi connectivity index (χ2v) is 5.79. The Balaban J connectivity index is 2.19. The van der Waals surface area contributed by atoms with Gasteiger partial charge >= 0.3 is 0 Å². The highest BCUT2D eigenvalue weighted by Gasteiger charge is 2.31. The van der Waals surface area contributed by atoms with Gasteiger partial charge < -0.3 is 15.3 Å². The number of nitrogens with one attached hydrogen (secondary N) is 1. The molecule has 18 heavy (non-hydrogen) atoms. The molecular weight excluding hydrogens is 248 g/mol. The van der Waals surface area contributed by atoms with Crippen molar-refractivity contribution in [2.45, 2.75) is 31.9 Å².